The number of ether oxygens (including phenoxy) is 1. The van der Waals surface area contributed by atoms with Crippen molar-refractivity contribution in [3.63, 3.8) is 0 Å². The fourth-order valence-corrected chi connectivity index (χ4v) is 3.66. The predicted octanol–water partition coefficient (Wildman–Crippen LogP) is 2.01. The number of carbonyl (C=O) groups excluding carboxylic acids is 1. The van der Waals surface area contributed by atoms with Crippen LogP contribution in [0, 0.1) is 0 Å². The molecule has 25 heavy (non-hydrogen) atoms. The van der Waals surface area contributed by atoms with E-state index in [1.165, 1.54) is 5.56 Å². The number of hydrogen-bond donors (Lipinski definition) is 1. The number of carbonyl (C=O) groups is 1. The zero-order valence-corrected chi connectivity index (χ0v) is 15.5. The summed E-state index contributed by atoms with van der Waals surface area (Å²) in [5, 5.41) is 7.26. The molecule has 7 heteroatoms. The van der Waals surface area contributed by atoms with Gasteiger partial charge in [-0.05, 0) is 48.6 Å². The maximum atomic E-state index is 12.8. The second kappa shape index (κ2) is 8.42. The average Bonchev–Trinajstić information content (AvgIpc) is 3.16. The van der Waals surface area contributed by atoms with E-state index in [-0.39, 0.29) is 11.9 Å². The zero-order chi connectivity index (χ0) is 17.6. The highest BCUT2D eigenvalue weighted by atomic mass is 32.1. The van der Waals surface area contributed by atoms with Crippen LogP contribution in [0.5, 0.6) is 0 Å². The molecule has 1 aliphatic rings. The van der Waals surface area contributed by atoms with E-state index < -0.39 is 0 Å². The van der Waals surface area contributed by atoms with Gasteiger partial charge in [0.2, 0.25) is 0 Å². The van der Waals surface area contributed by atoms with Gasteiger partial charge in [0.25, 0.3) is 5.91 Å². The fraction of sp³-hybridized carbons (Fsp3) is 0.444. The normalized spacial score (nSPS) is 16.0. The first kappa shape index (κ1) is 17.8. The number of nitrogens with zero attached hydrogens (tertiary/aromatic N) is 3. The van der Waals surface area contributed by atoms with Gasteiger partial charge in [0.1, 0.15) is 5.82 Å². The zero-order valence-electron chi connectivity index (χ0n) is 14.6. The number of anilines is 1. The lowest BCUT2D eigenvalue weighted by Crippen LogP contribution is -2.39. The van der Waals surface area contributed by atoms with Crippen molar-refractivity contribution in [1.29, 1.82) is 0 Å². The first-order valence-electron chi connectivity index (χ1n) is 8.41. The van der Waals surface area contributed by atoms with Crippen molar-refractivity contribution in [2.45, 2.75) is 6.04 Å². The van der Waals surface area contributed by atoms with E-state index in [0.717, 1.165) is 18.9 Å². The first-order valence-corrected chi connectivity index (χ1v) is 9.35. The van der Waals surface area contributed by atoms with E-state index >= 15 is 0 Å². The highest BCUT2D eigenvalue weighted by Gasteiger charge is 2.21. The number of nitrogens with one attached hydrogen (secondary N) is 1. The molecule has 1 amide bonds. The lowest BCUT2D eigenvalue weighted by molar-refractivity contribution is 0.0940. The number of aromatic nitrogens is 1. The second-order valence-electron chi connectivity index (χ2n) is 6.22. The van der Waals surface area contributed by atoms with E-state index in [9.17, 15) is 4.79 Å². The molecule has 0 aromatic carbocycles. The van der Waals surface area contributed by atoms with Crippen LogP contribution < -0.4 is 10.2 Å². The van der Waals surface area contributed by atoms with Crippen LogP contribution in [0.15, 0.2) is 35.2 Å². The minimum Gasteiger partial charge on any atom is -0.378 e. The van der Waals surface area contributed by atoms with E-state index in [1.54, 1.807) is 23.6 Å². The van der Waals surface area contributed by atoms with E-state index in [2.05, 4.69) is 36.9 Å². The fourth-order valence-electron chi connectivity index (χ4n) is 2.95. The largest absolute Gasteiger partial charge is 0.378 e. The monoisotopic (exact) mass is 360 g/mol. The van der Waals surface area contributed by atoms with Gasteiger partial charge in [-0.15, -0.1) is 0 Å². The number of likely N-dealkylation sites (N-methyl/N-ethyl adjacent to an activating group) is 1. The van der Waals surface area contributed by atoms with Gasteiger partial charge in [0, 0.05) is 25.8 Å². The van der Waals surface area contributed by atoms with Crippen LogP contribution >= 0.6 is 11.3 Å². The van der Waals surface area contributed by atoms with E-state index in [0.29, 0.717) is 25.3 Å². The van der Waals surface area contributed by atoms with Gasteiger partial charge in [-0.2, -0.15) is 11.3 Å². The molecule has 1 saturated heterocycles. The molecule has 134 valence electrons. The molecular weight excluding hydrogens is 336 g/mol. The summed E-state index contributed by atoms with van der Waals surface area (Å²) in [4.78, 5) is 21.4. The maximum Gasteiger partial charge on any atom is 0.255 e. The van der Waals surface area contributed by atoms with Gasteiger partial charge in [-0.25, -0.2) is 4.98 Å². The summed E-state index contributed by atoms with van der Waals surface area (Å²) in [5.74, 6) is 0.650. The smallest absolute Gasteiger partial charge is 0.255 e. The SMILES string of the molecule is CN(C)[C@@H](CNC(=O)c1cccnc1N1CCOCC1)c1ccsc1. The highest BCUT2D eigenvalue weighted by Crippen LogP contribution is 2.21. The van der Waals surface area contributed by atoms with Crippen molar-refractivity contribution in [2.75, 3.05) is 51.8 Å². The van der Waals surface area contributed by atoms with Gasteiger partial charge in [-0.3, -0.25) is 4.79 Å². The minimum absolute atomic E-state index is 0.0864. The van der Waals surface area contributed by atoms with Gasteiger partial charge in [0.15, 0.2) is 0 Å². The number of pyridine rings is 1. The summed E-state index contributed by atoms with van der Waals surface area (Å²) in [5.41, 5.74) is 1.84. The Balaban J connectivity index is 1.71. The third-order valence-corrected chi connectivity index (χ3v) is 5.05. The summed E-state index contributed by atoms with van der Waals surface area (Å²) >= 11 is 1.67. The maximum absolute atomic E-state index is 12.8. The molecule has 0 radical (unpaired) electrons. The molecular formula is C18H24N4O2S. The summed E-state index contributed by atoms with van der Waals surface area (Å²) in [6, 6.07) is 5.90. The van der Waals surface area contributed by atoms with Gasteiger partial charge < -0.3 is 19.9 Å². The Labute approximate surface area is 152 Å². The van der Waals surface area contributed by atoms with Crippen LogP contribution in [0.2, 0.25) is 0 Å². The van der Waals surface area contributed by atoms with Gasteiger partial charge in [-0.1, -0.05) is 0 Å². The number of amides is 1. The van der Waals surface area contributed by atoms with Crippen LogP contribution in [0.25, 0.3) is 0 Å². The van der Waals surface area contributed by atoms with Crippen molar-refractivity contribution >= 4 is 23.1 Å². The van der Waals surface area contributed by atoms with Crippen LogP contribution in [-0.4, -0.2) is 62.7 Å². The first-order chi connectivity index (χ1) is 12.2. The average molecular weight is 360 g/mol. The molecule has 0 bridgehead atoms. The Kier molecular flexibility index (Phi) is 6.01. The molecule has 1 fully saturated rings. The Bertz CT molecular complexity index is 684. The molecule has 1 aliphatic heterocycles. The quantitative estimate of drug-likeness (QED) is 0.854. The summed E-state index contributed by atoms with van der Waals surface area (Å²) in [6.45, 7) is 3.40. The van der Waals surface area contributed by atoms with Crippen molar-refractivity contribution in [3.05, 3.63) is 46.3 Å². The summed E-state index contributed by atoms with van der Waals surface area (Å²) < 4.78 is 5.39. The molecule has 3 rings (SSSR count). The Morgan fingerprint density at radius 3 is 2.88 bits per heavy atom. The Hall–Kier alpha value is -1.96. The number of hydrogen-bond acceptors (Lipinski definition) is 6. The van der Waals surface area contributed by atoms with Crippen molar-refractivity contribution < 1.29 is 9.53 Å². The standard InChI is InChI=1S/C18H24N4O2S/c1-21(2)16(14-5-11-25-13-14)12-20-18(23)15-4-3-6-19-17(15)22-7-9-24-10-8-22/h3-6,11,13,16H,7-10,12H2,1-2H3,(H,20,23)/t16-/m0/s1. The highest BCUT2D eigenvalue weighted by molar-refractivity contribution is 7.07. The third kappa shape index (κ3) is 4.36. The van der Waals surface area contributed by atoms with Gasteiger partial charge >= 0.3 is 0 Å². The number of thiophene rings is 1. The number of rotatable bonds is 6. The summed E-state index contributed by atoms with van der Waals surface area (Å²) in [7, 11) is 4.05. The lowest BCUT2D eigenvalue weighted by atomic mass is 10.1. The Morgan fingerprint density at radius 2 is 2.20 bits per heavy atom. The molecule has 0 unspecified atom stereocenters. The van der Waals surface area contributed by atoms with Crippen LogP contribution in [0.1, 0.15) is 22.0 Å². The molecule has 2 aromatic heterocycles. The van der Waals surface area contributed by atoms with Gasteiger partial charge in [0.05, 0.1) is 24.8 Å². The molecule has 2 aromatic rings. The molecule has 3 heterocycles. The molecule has 1 atom stereocenters. The molecule has 0 saturated carbocycles. The molecule has 0 spiro atoms. The predicted molar refractivity (Wildman–Crippen MR) is 100 cm³/mol. The van der Waals surface area contributed by atoms with Crippen molar-refractivity contribution in [3.8, 4) is 0 Å². The topological polar surface area (TPSA) is 57.7 Å². The van der Waals surface area contributed by atoms with E-state index in [1.807, 2.05) is 20.2 Å². The lowest BCUT2D eigenvalue weighted by Gasteiger charge is -2.29. The van der Waals surface area contributed by atoms with Crippen molar-refractivity contribution in [1.82, 2.24) is 15.2 Å². The van der Waals surface area contributed by atoms with E-state index in [4.69, 9.17) is 4.74 Å². The summed E-state index contributed by atoms with van der Waals surface area (Å²) in [6.07, 6.45) is 1.73. The second-order valence-corrected chi connectivity index (χ2v) is 7.00. The molecule has 0 aliphatic carbocycles. The molecule has 1 N–H and O–H groups in total. The van der Waals surface area contributed by atoms with Crippen LogP contribution in [-0.2, 0) is 4.74 Å². The van der Waals surface area contributed by atoms with Crippen LogP contribution in [0.3, 0.4) is 0 Å². The van der Waals surface area contributed by atoms with Crippen LogP contribution in [0.4, 0.5) is 5.82 Å². The van der Waals surface area contributed by atoms with Crippen molar-refractivity contribution in [2.24, 2.45) is 0 Å². The molecule has 6 nitrogen and oxygen atoms in total. The number of morpholine rings is 1. The third-order valence-electron chi connectivity index (χ3n) is 4.35. The Morgan fingerprint density at radius 1 is 1.40 bits per heavy atom. The minimum atomic E-state index is -0.0864.